The van der Waals surface area contributed by atoms with Gasteiger partial charge in [-0.2, -0.15) is 0 Å². The van der Waals surface area contributed by atoms with Gasteiger partial charge < -0.3 is 10.0 Å². The van der Waals surface area contributed by atoms with Gasteiger partial charge in [-0.25, -0.2) is 4.39 Å². The lowest BCUT2D eigenvalue weighted by Crippen LogP contribution is -2.42. The Balaban J connectivity index is 2.22. The number of amides is 1. The van der Waals surface area contributed by atoms with Gasteiger partial charge in [0.2, 0.25) is 0 Å². The summed E-state index contributed by atoms with van der Waals surface area (Å²) >= 11 is 5.76. The lowest BCUT2D eigenvalue weighted by molar-refractivity contribution is 0.0473. The Labute approximate surface area is 104 Å². The number of carbonyl (C=O) groups excluding carboxylic acids is 1. The second-order valence-corrected chi connectivity index (χ2v) is 4.53. The van der Waals surface area contributed by atoms with Crippen LogP contribution in [0.25, 0.3) is 0 Å². The number of halogens is 2. The highest BCUT2D eigenvalue weighted by molar-refractivity contribution is 6.34. The van der Waals surface area contributed by atoms with Crippen LogP contribution < -0.4 is 0 Å². The van der Waals surface area contributed by atoms with Crippen molar-refractivity contribution in [2.45, 2.75) is 18.9 Å². The zero-order valence-electron chi connectivity index (χ0n) is 9.20. The van der Waals surface area contributed by atoms with Crippen LogP contribution in [0.4, 0.5) is 4.39 Å². The van der Waals surface area contributed by atoms with Crippen molar-refractivity contribution in [2.24, 2.45) is 0 Å². The zero-order valence-corrected chi connectivity index (χ0v) is 9.95. The molecule has 92 valence electrons. The van der Waals surface area contributed by atoms with Gasteiger partial charge in [0.15, 0.2) is 0 Å². The van der Waals surface area contributed by atoms with Gasteiger partial charge in [-0.15, -0.1) is 0 Å². The van der Waals surface area contributed by atoms with E-state index in [1.807, 2.05) is 0 Å². The largest absolute Gasteiger partial charge is 0.391 e. The van der Waals surface area contributed by atoms with Crippen LogP contribution >= 0.6 is 11.6 Å². The number of likely N-dealkylation sites (tertiary alicyclic amines) is 1. The molecule has 17 heavy (non-hydrogen) atoms. The fourth-order valence-corrected chi connectivity index (χ4v) is 2.19. The second-order valence-electron chi connectivity index (χ2n) is 4.15. The van der Waals surface area contributed by atoms with Gasteiger partial charge in [0.1, 0.15) is 5.82 Å². The molecule has 1 aliphatic rings. The van der Waals surface area contributed by atoms with Crippen molar-refractivity contribution in [1.29, 1.82) is 0 Å². The predicted molar refractivity (Wildman–Crippen MR) is 62.6 cm³/mol. The summed E-state index contributed by atoms with van der Waals surface area (Å²) in [6.07, 6.45) is 0.945. The molecule has 0 spiro atoms. The average Bonchev–Trinajstić information content (AvgIpc) is 2.32. The van der Waals surface area contributed by atoms with E-state index < -0.39 is 11.9 Å². The minimum absolute atomic E-state index is 0.153. The maximum absolute atomic E-state index is 13.2. The molecule has 2 rings (SSSR count). The van der Waals surface area contributed by atoms with Crippen LogP contribution in [0.1, 0.15) is 23.2 Å². The summed E-state index contributed by atoms with van der Waals surface area (Å²) in [7, 11) is 0. The summed E-state index contributed by atoms with van der Waals surface area (Å²) in [4.78, 5) is 13.6. The first-order valence-corrected chi connectivity index (χ1v) is 5.88. The summed E-state index contributed by atoms with van der Waals surface area (Å²) < 4.78 is 13.2. The molecule has 1 unspecified atom stereocenters. The maximum atomic E-state index is 13.2. The first kappa shape index (κ1) is 12.3. The molecular formula is C12H13ClFNO2. The van der Waals surface area contributed by atoms with Gasteiger partial charge in [-0.3, -0.25) is 4.79 Å². The maximum Gasteiger partial charge on any atom is 0.255 e. The van der Waals surface area contributed by atoms with Gasteiger partial charge in [-0.05, 0) is 25.0 Å². The lowest BCUT2D eigenvalue weighted by Gasteiger charge is -2.30. The Morgan fingerprint density at radius 3 is 3.00 bits per heavy atom. The fraction of sp³-hybridized carbons (Fsp3) is 0.417. The van der Waals surface area contributed by atoms with E-state index in [1.54, 1.807) is 0 Å². The second kappa shape index (κ2) is 5.02. The van der Waals surface area contributed by atoms with Crippen molar-refractivity contribution in [3.63, 3.8) is 0 Å². The molecular weight excluding hydrogens is 245 g/mol. The molecule has 1 aliphatic heterocycles. The Kier molecular flexibility index (Phi) is 3.64. The third-order valence-electron chi connectivity index (χ3n) is 2.87. The highest BCUT2D eigenvalue weighted by Crippen LogP contribution is 2.22. The molecule has 1 heterocycles. The molecule has 1 saturated heterocycles. The van der Waals surface area contributed by atoms with E-state index in [4.69, 9.17) is 11.6 Å². The van der Waals surface area contributed by atoms with E-state index in [9.17, 15) is 14.3 Å². The van der Waals surface area contributed by atoms with Crippen molar-refractivity contribution in [3.8, 4) is 0 Å². The molecule has 0 aromatic heterocycles. The average molecular weight is 258 g/mol. The molecule has 1 amide bonds. The van der Waals surface area contributed by atoms with Crippen molar-refractivity contribution >= 4 is 17.5 Å². The highest BCUT2D eigenvalue weighted by atomic mass is 35.5. The molecule has 5 heteroatoms. The highest BCUT2D eigenvalue weighted by Gasteiger charge is 2.25. The number of nitrogens with zero attached hydrogens (tertiary/aromatic N) is 1. The van der Waals surface area contributed by atoms with E-state index in [1.165, 1.54) is 23.1 Å². The predicted octanol–water partition coefficient (Wildman–Crippen LogP) is 2.08. The molecule has 1 N–H and O–H groups in total. The minimum Gasteiger partial charge on any atom is -0.391 e. The number of hydrogen-bond acceptors (Lipinski definition) is 2. The summed E-state index contributed by atoms with van der Waals surface area (Å²) in [5, 5.41) is 9.34. The van der Waals surface area contributed by atoms with Gasteiger partial charge >= 0.3 is 0 Å². The molecule has 3 nitrogen and oxygen atoms in total. The smallest absolute Gasteiger partial charge is 0.255 e. The normalized spacial score (nSPS) is 20.4. The lowest BCUT2D eigenvalue weighted by atomic mass is 10.1. The van der Waals surface area contributed by atoms with Crippen molar-refractivity contribution in [2.75, 3.05) is 13.1 Å². The van der Waals surface area contributed by atoms with Crippen LogP contribution in [0, 0.1) is 5.82 Å². The minimum atomic E-state index is -0.602. The number of benzene rings is 1. The third-order valence-corrected chi connectivity index (χ3v) is 3.25. The Bertz CT molecular complexity index is 439. The van der Waals surface area contributed by atoms with E-state index >= 15 is 0 Å². The van der Waals surface area contributed by atoms with E-state index in [2.05, 4.69) is 0 Å². The van der Waals surface area contributed by atoms with Crippen LogP contribution in [-0.2, 0) is 0 Å². The Morgan fingerprint density at radius 1 is 1.53 bits per heavy atom. The molecule has 1 aromatic carbocycles. The molecule has 0 bridgehead atoms. The van der Waals surface area contributed by atoms with Crippen molar-refractivity contribution in [3.05, 3.63) is 34.6 Å². The van der Waals surface area contributed by atoms with Crippen LogP contribution in [-0.4, -0.2) is 35.1 Å². The monoisotopic (exact) mass is 257 g/mol. The Hall–Kier alpha value is -1.13. The van der Waals surface area contributed by atoms with Crippen LogP contribution in [0.3, 0.4) is 0 Å². The van der Waals surface area contributed by atoms with Crippen LogP contribution in [0.15, 0.2) is 18.2 Å². The van der Waals surface area contributed by atoms with E-state index in [0.29, 0.717) is 13.0 Å². The summed E-state index contributed by atoms with van der Waals surface area (Å²) in [6, 6.07) is 4.16. The molecule has 0 aliphatic carbocycles. The number of carbonyl (C=O) groups is 1. The standard InChI is InChI=1S/C12H13ClFNO2/c13-11-9(4-1-5-10(11)14)12(17)15-6-2-3-8(16)7-15/h1,4-5,8,16H,2-3,6-7H2. The van der Waals surface area contributed by atoms with Crippen LogP contribution in [0.5, 0.6) is 0 Å². The van der Waals surface area contributed by atoms with E-state index in [0.717, 1.165) is 6.42 Å². The Morgan fingerprint density at radius 2 is 2.29 bits per heavy atom. The topological polar surface area (TPSA) is 40.5 Å². The number of β-amino-alcohol motifs (C(OH)–C–C–N with tert-alkyl or cyclic N) is 1. The summed E-state index contributed by atoms with van der Waals surface area (Å²) in [5.74, 6) is -0.927. The van der Waals surface area contributed by atoms with E-state index in [-0.39, 0.29) is 23.0 Å². The zero-order chi connectivity index (χ0) is 12.4. The summed E-state index contributed by atoms with van der Waals surface area (Å²) in [5.41, 5.74) is 0.153. The molecule has 1 aromatic rings. The van der Waals surface area contributed by atoms with Gasteiger partial charge in [0, 0.05) is 13.1 Å². The fourth-order valence-electron chi connectivity index (χ4n) is 1.98. The number of aliphatic hydroxyl groups is 1. The first-order valence-electron chi connectivity index (χ1n) is 5.51. The number of hydrogen-bond donors (Lipinski definition) is 1. The van der Waals surface area contributed by atoms with Crippen LogP contribution in [0.2, 0.25) is 5.02 Å². The molecule has 0 radical (unpaired) electrons. The number of rotatable bonds is 1. The van der Waals surface area contributed by atoms with Gasteiger partial charge in [0.25, 0.3) is 5.91 Å². The van der Waals surface area contributed by atoms with Crippen molar-refractivity contribution in [1.82, 2.24) is 4.90 Å². The molecule has 1 fully saturated rings. The third kappa shape index (κ3) is 2.58. The number of aliphatic hydroxyl groups excluding tert-OH is 1. The quantitative estimate of drug-likeness (QED) is 0.837. The number of piperidine rings is 1. The van der Waals surface area contributed by atoms with Gasteiger partial charge in [0.05, 0.1) is 16.7 Å². The van der Waals surface area contributed by atoms with Crippen molar-refractivity contribution < 1.29 is 14.3 Å². The SMILES string of the molecule is O=C(c1cccc(F)c1Cl)N1CCCC(O)C1. The summed E-state index contributed by atoms with van der Waals surface area (Å²) in [6.45, 7) is 0.856. The van der Waals surface area contributed by atoms with Gasteiger partial charge in [-0.1, -0.05) is 17.7 Å². The first-order chi connectivity index (χ1) is 8.09. The molecule has 0 saturated carbocycles. The molecule has 1 atom stereocenters.